The van der Waals surface area contributed by atoms with Gasteiger partial charge in [-0.25, -0.2) is 4.98 Å². The van der Waals surface area contributed by atoms with E-state index in [-0.39, 0.29) is 36.6 Å². The van der Waals surface area contributed by atoms with Crippen LogP contribution >= 0.6 is 11.3 Å². The van der Waals surface area contributed by atoms with Crippen LogP contribution in [0.2, 0.25) is 0 Å². The Bertz CT molecular complexity index is 908. The maximum atomic E-state index is 12.5. The zero-order chi connectivity index (χ0) is 21.1. The molecule has 0 aromatic carbocycles. The average molecular weight is 420 g/mol. The van der Waals surface area contributed by atoms with Gasteiger partial charge in [-0.15, -0.1) is 11.3 Å². The molecule has 0 unspecified atom stereocenters. The molecule has 2 aromatic rings. The van der Waals surface area contributed by atoms with Crippen molar-refractivity contribution in [2.45, 2.75) is 52.3 Å². The van der Waals surface area contributed by atoms with Crippen molar-refractivity contribution in [1.82, 2.24) is 25.0 Å². The Kier molecular flexibility index (Phi) is 6.43. The van der Waals surface area contributed by atoms with E-state index in [1.54, 1.807) is 22.5 Å². The largest absolute Gasteiger partial charge is 0.391 e. The summed E-state index contributed by atoms with van der Waals surface area (Å²) in [5.74, 6) is -0.484. The minimum Gasteiger partial charge on any atom is -0.391 e. The molecule has 1 aliphatic heterocycles. The van der Waals surface area contributed by atoms with Gasteiger partial charge in [-0.3, -0.25) is 19.1 Å². The Hall–Kier alpha value is -2.59. The highest BCUT2D eigenvalue weighted by molar-refractivity contribution is 7.07. The van der Waals surface area contributed by atoms with Crippen molar-refractivity contribution in [1.29, 1.82) is 0 Å². The van der Waals surface area contributed by atoms with E-state index in [1.165, 1.54) is 23.2 Å². The minimum atomic E-state index is -0.703. The maximum Gasteiger partial charge on any atom is 0.273 e. The number of ketones is 1. The number of carbonyl (C=O) groups is 3. The third-order valence-electron chi connectivity index (χ3n) is 5.02. The van der Waals surface area contributed by atoms with Crippen LogP contribution in [0.25, 0.3) is 0 Å². The zero-order valence-corrected chi connectivity index (χ0v) is 17.5. The first-order valence-electron chi connectivity index (χ1n) is 9.46. The van der Waals surface area contributed by atoms with Crippen LogP contribution in [-0.2, 0) is 11.3 Å². The summed E-state index contributed by atoms with van der Waals surface area (Å²) in [4.78, 5) is 42.2. The van der Waals surface area contributed by atoms with Crippen LogP contribution in [0.1, 0.15) is 52.0 Å². The lowest BCUT2D eigenvalue weighted by Crippen LogP contribution is -2.54. The second-order valence-corrected chi connectivity index (χ2v) is 8.03. The number of Topliss-reactive ketones (excluding diaryl/α,β-unsaturated/α-hetero) is 1. The summed E-state index contributed by atoms with van der Waals surface area (Å²) in [5.41, 5.74) is 3.93. The van der Waals surface area contributed by atoms with Gasteiger partial charge in [-0.05, 0) is 27.2 Å². The number of piperidine rings is 1. The Balaban J connectivity index is 1.57. The fourth-order valence-electron chi connectivity index (χ4n) is 3.75. The summed E-state index contributed by atoms with van der Waals surface area (Å²) in [6.45, 7) is 5.99. The molecule has 0 spiro atoms. The van der Waals surface area contributed by atoms with Crippen LogP contribution in [0.15, 0.2) is 10.9 Å². The highest BCUT2D eigenvalue weighted by Gasteiger charge is 2.31. The molecule has 1 aliphatic rings. The maximum absolute atomic E-state index is 12.5. The topological polar surface area (TPSA) is 117 Å². The predicted octanol–water partition coefficient (Wildman–Crippen LogP) is 0.941. The quantitative estimate of drug-likeness (QED) is 0.673. The molecule has 9 nitrogen and oxygen atoms in total. The SMILES string of the molecule is CC(=O)c1c(C)nn(CCC(=O)N[C@H]2C[C@@H](O)CN(C(=O)c3cscn3)C2)c1C. The highest BCUT2D eigenvalue weighted by Crippen LogP contribution is 2.16. The number of β-amino-alcohol motifs (C(OH)–C–C–N with tert-alkyl or cyclic N) is 1. The van der Waals surface area contributed by atoms with E-state index in [0.717, 1.165) is 5.69 Å². The van der Waals surface area contributed by atoms with Gasteiger partial charge in [0.05, 0.1) is 22.9 Å². The van der Waals surface area contributed by atoms with E-state index < -0.39 is 6.10 Å². The molecule has 3 heterocycles. The molecule has 2 amide bonds. The van der Waals surface area contributed by atoms with E-state index in [1.807, 2.05) is 6.92 Å². The van der Waals surface area contributed by atoms with Crippen molar-refractivity contribution in [3.05, 3.63) is 33.5 Å². The molecule has 3 rings (SSSR count). The van der Waals surface area contributed by atoms with Crippen molar-refractivity contribution in [3.8, 4) is 0 Å². The number of likely N-dealkylation sites (tertiary alicyclic amines) is 1. The number of thiazole rings is 1. The van der Waals surface area contributed by atoms with E-state index in [4.69, 9.17) is 0 Å². The number of hydrogen-bond acceptors (Lipinski definition) is 7. The number of rotatable bonds is 6. The van der Waals surface area contributed by atoms with Crippen molar-refractivity contribution < 1.29 is 19.5 Å². The molecule has 0 saturated carbocycles. The van der Waals surface area contributed by atoms with Crippen LogP contribution in [-0.4, -0.2) is 67.6 Å². The molecule has 0 radical (unpaired) electrons. The monoisotopic (exact) mass is 419 g/mol. The average Bonchev–Trinajstić information content (AvgIpc) is 3.27. The normalized spacial score (nSPS) is 19.2. The summed E-state index contributed by atoms with van der Waals surface area (Å²) in [5, 5.41) is 19.0. The summed E-state index contributed by atoms with van der Waals surface area (Å²) < 4.78 is 1.67. The molecule has 1 saturated heterocycles. The molecule has 2 aromatic heterocycles. The number of aliphatic hydroxyl groups is 1. The summed E-state index contributed by atoms with van der Waals surface area (Å²) in [7, 11) is 0. The van der Waals surface area contributed by atoms with Crippen LogP contribution in [0.4, 0.5) is 0 Å². The first kappa shape index (κ1) is 21.1. The van der Waals surface area contributed by atoms with E-state index in [2.05, 4.69) is 15.4 Å². The van der Waals surface area contributed by atoms with Crippen LogP contribution in [0.3, 0.4) is 0 Å². The molecule has 2 atom stereocenters. The van der Waals surface area contributed by atoms with Crippen LogP contribution < -0.4 is 5.32 Å². The lowest BCUT2D eigenvalue weighted by atomic mass is 10.0. The fourth-order valence-corrected chi connectivity index (χ4v) is 4.28. The first-order chi connectivity index (χ1) is 13.8. The summed E-state index contributed by atoms with van der Waals surface area (Å²) in [6.07, 6.45) is -0.127. The molecular weight excluding hydrogens is 394 g/mol. The Morgan fingerprint density at radius 2 is 2.07 bits per heavy atom. The van der Waals surface area contributed by atoms with Gasteiger partial charge in [0.15, 0.2) is 5.78 Å². The third kappa shape index (κ3) is 4.88. The van der Waals surface area contributed by atoms with Gasteiger partial charge in [0.2, 0.25) is 5.91 Å². The number of carbonyl (C=O) groups excluding carboxylic acids is 3. The van der Waals surface area contributed by atoms with E-state index >= 15 is 0 Å². The molecule has 29 heavy (non-hydrogen) atoms. The molecule has 1 fully saturated rings. The van der Waals surface area contributed by atoms with Gasteiger partial charge in [0.25, 0.3) is 5.91 Å². The molecule has 0 bridgehead atoms. The minimum absolute atomic E-state index is 0.0447. The van der Waals surface area contributed by atoms with Gasteiger partial charge in [0.1, 0.15) is 5.69 Å². The van der Waals surface area contributed by atoms with Gasteiger partial charge < -0.3 is 15.3 Å². The van der Waals surface area contributed by atoms with Gasteiger partial charge in [-0.1, -0.05) is 0 Å². The van der Waals surface area contributed by atoms with Crippen LogP contribution in [0.5, 0.6) is 0 Å². The number of aliphatic hydroxyl groups excluding tert-OH is 1. The van der Waals surface area contributed by atoms with Gasteiger partial charge >= 0.3 is 0 Å². The van der Waals surface area contributed by atoms with Gasteiger partial charge in [-0.2, -0.15) is 5.10 Å². The Morgan fingerprint density at radius 1 is 1.31 bits per heavy atom. The number of hydrogen-bond donors (Lipinski definition) is 2. The lowest BCUT2D eigenvalue weighted by Gasteiger charge is -2.35. The van der Waals surface area contributed by atoms with Crippen molar-refractivity contribution in [3.63, 3.8) is 0 Å². The second-order valence-electron chi connectivity index (χ2n) is 7.31. The third-order valence-corrected chi connectivity index (χ3v) is 5.60. The predicted molar refractivity (Wildman–Crippen MR) is 107 cm³/mol. The summed E-state index contributed by atoms with van der Waals surface area (Å²) >= 11 is 1.33. The summed E-state index contributed by atoms with van der Waals surface area (Å²) in [6, 6.07) is -0.331. The number of nitrogens with one attached hydrogen (secondary N) is 1. The Morgan fingerprint density at radius 3 is 2.69 bits per heavy atom. The standard InChI is InChI=1S/C19H25N5O4S/c1-11-18(13(3)25)12(2)24(22-11)5-4-17(27)21-14-6-15(26)8-23(7-14)19(28)16-9-29-10-20-16/h9-10,14-15,26H,4-8H2,1-3H3,(H,21,27)/t14-,15+/m0/s1. The molecule has 10 heteroatoms. The lowest BCUT2D eigenvalue weighted by molar-refractivity contribution is -0.122. The Labute approximate surface area is 172 Å². The number of nitrogens with zero attached hydrogens (tertiary/aromatic N) is 4. The first-order valence-corrected chi connectivity index (χ1v) is 10.4. The smallest absolute Gasteiger partial charge is 0.273 e. The van der Waals surface area contributed by atoms with Crippen molar-refractivity contribution in [2.24, 2.45) is 0 Å². The van der Waals surface area contributed by atoms with E-state index in [0.29, 0.717) is 36.5 Å². The second kappa shape index (κ2) is 8.83. The van der Waals surface area contributed by atoms with Gasteiger partial charge in [0, 0.05) is 43.2 Å². The molecule has 2 N–H and O–H groups in total. The number of aryl methyl sites for hydroxylation is 2. The highest BCUT2D eigenvalue weighted by atomic mass is 32.1. The zero-order valence-electron chi connectivity index (χ0n) is 16.7. The van der Waals surface area contributed by atoms with E-state index in [9.17, 15) is 19.5 Å². The number of aromatic nitrogens is 3. The molecule has 156 valence electrons. The molecule has 0 aliphatic carbocycles. The van der Waals surface area contributed by atoms with Crippen LogP contribution in [0, 0.1) is 13.8 Å². The number of amides is 2. The molecular formula is C19H25N5O4S. The van der Waals surface area contributed by atoms with Crippen molar-refractivity contribution in [2.75, 3.05) is 13.1 Å². The van der Waals surface area contributed by atoms with Crippen molar-refractivity contribution >= 4 is 28.9 Å². The fraction of sp³-hybridized carbons (Fsp3) is 0.526.